The lowest BCUT2D eigenvalue weighted by molar-refractivity contribution is -0.117. The molecule has 2 atom stereocenters. The van der Waals surface area contributed by atoms with Gasteiger partial charge in [0, 0.05) is 17.4 Å². The molecular weight excluding hydrogens is 348 g/mol. The first-order chi connectivity index (χ1) is 11.4. The van der Waals surface area contributed by atoms with Crippen LogP contribution in [0.2, 0.25) is 0 Å². The second-order valence-corrected chi connectivity index (χ2v) is 9.10. The van der Waals surface area contributed by atoms with E-state index < -0.39 is 9.84 Å². The molecule has 0 unspecified atom stereocenters. The number of hydrogen-bond donors (Lipinski definition) is 0. The van der Waals surface area contributed by atoms with Crippen molar-refractivity contribution in [2.24, 2.45) is 4.99 Å². The molecule has 6 nitrogen and oxygen atoms in total. The molecule has 1 amide bonds. The largest absolute Gasteiger partial charge is 0.494 e. The molecule has 0 spiro atoms. The average Bonchev–Trinajstić information content (AvgIpc) is 2.99. The summed E-state index contributed by atoms with van der Waals surface area (Å²) in [4.78, 5) is 17.8. The molecule has 0 radical (unpaired) electrons. The van der Waals surface area contributed by atoms with E-state index in [9.17, 15) is 13.2 Å². The third kappa shape index (κ3) is 3.44. The number of benzene rings is 1. The molecule has 1 aromatic carbocycles. The van der Waals surface area contributed by atoms with Crippen LogP contribution in [-0.2, 0) is 14.6 Å². The van der Waals surface area contributed by atoms with Crippen molar-refractivity contribution in [3.63, 3.8) is 0 Å². The SMILES string of the molecule is CCOc1ccc(N2C(=NC(=O)CC)S[C@H]3CS(=O)(=O)C[C@H]32)cc1. The van der Waals surface area contributed by atoms with Crippen LogP contribution in [0, 0.1) is 0 Å². The molecule has 2 saturated heterocycles. The van der Waals surface area contributed by atoms with Crippen molar-refractivity contribution in [1.29, 1.82) is 0 Å². The van der Waals surface area contributed by atoms with Crippen LogP contribution in [-0.4, -0.2) is 48.9 Å². The van der Waals surface area contributed by atoms with Crippen LogP contribution in [0.3, 0.4) is 0 Å². The van der Waals surface area contributed by atoms with E-state index in [0.717, 1.165) is 11.4 Å². The number of amides is 1. The number of carbonyl (C=O) groups is 1. The van der Waals surface area contributed by atoms with Gasteiger partial charge in [-0.15, -0.1) is 0 Å². The Bertz CT molecular complexity index is 759. The first-order valence-electron chi connectivity index (χ1n) is 7.94. The molecule has 2 heterocycles. The van der Waals surface area contributed by atoms with Gasteiger partial charge in [-0.1, -0.05) is 18.7 Å². The van der Waals surface area contributed by atoms with Crippen LogP contribution in [0.25, 0.3) is 0 Å². The standard InChI is InChI=1S/C16H20N2O4S2/c1-3-15(19)17-16-18(11-5-7-12(8-6-11)22-4-2)13-9-24(20,21)10-14(13)23-16/h5-8,13-14H,3-4,9-10H2,1-2H3/t13-,14+/m1/s1. The van der Waals surface area contributed by atoms with E-state index in [1.807, 2.05) is 36.1 Å². The Hall–Kier alpha value is -1.54. The molecule has 1 aromatic rings. The molecule has 3 rings (SSSR count). The van der Waals surface area contributed by atoms with Gasteiger partial charge >= 0.3 is 0 Å². The van der Waals surface area contributed by atoms with Gasteiger partial charge in [-0.2, -0.15) is 4.99 Å². The summed E-state index contributed by atoms with van der Waals surface area (Å²) in [5.41, 5.74) is 0.832. The van der Waals surface area contributed by atoms with Crippen molar-refractivity contribution in [2.45, 2.75) is 31.6 Å². The number of fused-ring (bicyclic) bond motifs is 1. The van der Waals surface area contributed by atoms with Crippen LogP contribution in [0.1, 0.15) is 20.3 Å². The van der Waals surface area contributed by atoms with Crippen molar-refractivity contribution < 1.29 is 17.9 Å². The Balaban J connectivity index is 1.95. The fourth-order valence-electron chi connectivity index (χ4n) is 2.92. The first-order valence-corrected chi connectivity index (χ1v) is 10.6. The average molecular weight is 368 g/mol. The maximum Gasteiger partial charge on any atom is 0.247 e. The number of hydrogen-bond acceptors (Lipinski definition) is 5. The van der Waals surface area contributed by atoms with Crippen LogP contribution < -0.4 is 9.64 Å². The number of nitrogens with zero attached hydrogens (tertiary/aromatic N) is 2. The quantitative estimate of drug-likeness (QED) is 0.810. The zero-order valence-electron chi connectivity index (χ0n) is 13.6. The molecule has 24 heavy (non-hydrogen) atoms. The van der Waals surface area contributed by atoms with Gasteiger partial charge in [-0.25, -0.2) is 8.42 Å². The zero-order chi connectivity index (χ0) is 17.3. The van der Waals surface area contributed by atoms with Crippen LogP contribution in [0.5, 0.6) is 5.75 Å². The minimum atomic E-state index is -3.05. The molecule has 0 N–H and O–H groups in total. The van der Waals surface area contributed by atoms with Gasteiger partial charge in [0.1, 0.15) is 5.75 Å². The van der Waals surface area contributed by atoms with Gasteiger partial charge in [0.05, 0.1) is 24.2 Å². The lowest BCUT2D eigenvalue weighted by Gasteiger charge is -2.24. The van der Waals surface area contributed by atoms with E-state index in [1.165, 1.54) is 11.8 Å². The summed E-state index contributed by atoms with van der Waals surface area (Å²) in [6, 6.07) is 7.27. The molecule has 130 valence electrons. The van der Waals surface area contributed by atoms with E-state index in [-0.39, 0.29) is 28.7 Å². The molecule has 0 aliphatic carbocycles. The summed E-state index contributed by atoms with van der Waals surface area (Å²) in [6.45, 7) is 4.26. The van der Waals surface area contributed by atoms with Crippen molar-refractivity contribution in [1.82, 2.24) is 0 Å². The highest BCUT2D eigenvalue weighted by molar-refractivity contribution is 8.16. The van der Waals surface area contributed by atoms with E-state index in [4.69, 9.17) is 4.74 Å². The Kier molecular flexibility index (Phi) is 4.87. The van der Waals surface area contributed by atoms with Crippen LogP contribution >= 0.6 is 11.8 Å². The van der Waals surface area contributed by atoms with Gasteiger partial charge in [0.2, 0.25) is 5.91 Å². The molecule has 0 bridgehead atoms. The topological polar surface area (TPSA) is 76.0 Å². The van der Waals surface area contributed by atoms with Crippen molar-refractivity contribution in [2.75, 3.05) is 23.0 Å². The maximum atomic E-state index is 12.0. The number of thioether (sulfide) groups is 1. The molecule has 0 saturated carbocycles. The summed E-state index contributed by atoms with van der Waals surface area (Å²) in [7, 11) is -3.05. The third-order valence-electron chi connectivity index (χ3n) is 4.02. The van der Waals surface area contributed by atoms with Crippen molar-refractivity contribution in [3.05, 3.63) is 24.3 Å². The fraction of sp³-hybridized carbons (Fsp3) is 0.500. The monoisotopic (exact) mass is 368 g/mol. The number of aliphatic imine (C=N–C) groups is 1. The Morgan fingerprint density at radius 1 is 1.29 bits per heavy atom. The fourth-order valence-corrected chi connectivity index (χ4v) is 6.85. The summed E-state index contributed by atoms with van der Waals surface area (Å²) >= 11 is 1.39. The van der Waals surface area contributed by atoms with E-state index in [2.05, 4.69) is 4.99 Å². The van der Waals surface area contributed by atoms with E-state index in [1.54, 1.807) is 6.92 Å². The number of rotatable bonds is 4. The summed E-state index contributed by atoms with van der Waals surface area (Å²) in [5, 5.41) is 0.515. The molecule has 0 aromatic heterocycles. The van der Waals surface area contributed by atoms with Crippen molar-refractivity contribution >= 4 is 38.4 Å². The highest BCUT2D eigenvalue weighted by atomic mass is 32.2. The molecule has 8 heteroatoms. The number of anilines is 1. The molecule has 2 aliphatic heterocycles. The van der Waals surface area contributed by atoms with Gasteiger partial charge in [-0.3, -0.25) is 4.79 Å². The summed E-state index contributed by atoms with van der Waals surface area (Å²) < 4.78 is 29.4. The Morgan fingerprint density at radius 3 is 2.62 bits per heavy atom. The van der Waals surface area contributed by atoms with Gasteiger partial charge in [0.15, 0.2) is 15.0 Å². The normalized spacial score (nSPS) is 26.6. The minimum absolute atomic E-state index is 0.0787. The summed E-state index contributed by atoms with van der Waals surface area (Å²) in [5.74, 6) is 0.787. The smallest absolute Gasteiger partial charge is 0.247 e. The number of carbonyl (C=O) groups excluding carboxylic acids is 1. The highest BCUT2D eigenvalue weighted by Crippen LogP contribution is 2.41. The summed E-state index contributed by atoms with van der Waals surface area (Å²) in [6.07, 6.45) is 0.328. The molecule has 2 fully saturated rings. The Labute approximate surface area is 146 Å². The molecule has 2 aliphatic rings. The predicted octanol–water partition coefficient (Wildman–Crippen LogP) is 2.10. The maximum absolute atomic E-state index is 12.0. The third-order valence-corrected chi connectivity index (χ3v) is 7.23. The second-order valence-electron chi connectivity index (χ2n) is 5.74. The lowest BCUT2D eigenvalue weighted by Crippen LogP contribution is -2.37. The van der Waals surface area contributed by atoms with E-state index >= 15 is 0 Å². The second kappa shape index (κ2) is 6.76. The van der Waals surface area contributed by atoms with Gasteiger partial charge < -0.3 is 9.64 Å². The first kappa shape index (κ1) is 17.3. The number of sulfone groups is 1. The lowest BCUT2D eigenvalue weighted by atomic mass is 10.2. The van der Waals surface area contributed by atoms with Crippen LogP contribution in [0.15, 0.2) is 29.3 Å². The number of ether oxygens (including phenoxy) is 1. The highest BCUT2D eigenvalue weighted by Gasteiger charge is 2.49. The zero-order valence-corrected chi connectivity index (χ0v) is 15.3. The van der Waals surface area contributed by atoms with Crippen LogP contribution in [0.4, 0.5) is 5.69 Å². The molecular formula is C16H20N2O4S2. The van der Waals surface area contributed by atoms with Gasteiger partial charge in [-0.05, 0) is 31.2 Å². The predicted molar refractivity (Wildman–Crippen MR) is 96.6 cm³/mol. The van der Waals surface area contributed by atoms with E-state index in [0.29, 0.717) is 18.2 Å². The van der Waals surface area contributed by atoms with Crippen molar-refractivity contribution in [3.8, 4) is 5.75 Å². The van der Waals surface area contributed by atoms with Gasteiger partial charge in [0.25, 0.3) is 0 Å². The minimum Gasteiger partial charge on any atom is -0.494 e. The Morgan fingerprint density at radius 2 is 2.00 bits per heavy atom. The number of amidine groups is 1.